The van der Waals surface area contributed by atoms with Crippen molar-refractivity contribution in [2.75, 3.05) is 5.32 Å². The molecule has 1 N–H and O–H groups in total. The Kier molecular flexibility index (Phi) is 4.00. The number of aryl methyl sites for hydroxylation is 1. The van der Waals surface area contributed by atoms with E-state index in [0.717, 1.165) is 17.7 Å². The molecule has 2 rings (SSSR count). The van der Waals surface area contributed by atoms with Gasteiger partial charge in [-0.05, 0) is 18.1 Å². The Bertz CT molecular complexity index is 573. The lowest BCUT2D eigenvalue weighted by Crippen LogP contribution is -2.13. The first-order chi connectivity index (χ1) is 9.11. The first kappa shape index (κ1) is 13.3. The Morgan fingerprint density at radius 2 is 2.11 bits per heavy atom. The lowest BCUT2D eigenvalue weighted by Gasteiger charge is -2.07. The molecule has 0 atom stereocenters. The van der Waals surface area contributed by atoms with Crippen molar-refractivity contribution in [1.29, 1.82) is 0 Å². The summed E-state index contributed by atoms with van der Waals surface area (Å²) in [6.45, 7) is 6.04. The fourth-order valence-electron chi connectivity index (χ4n) is 1.81. The number of rotatable bonds is 4. The second-order valence-corrected chi connectivity index (χ2v) is 4.73. The second-order valence-electron chi connectivity index (χ2n) is 4.73. The quantitative estimate of drug-likeness (QED) is 0.911. The number of anilines is 1. The minimum atomic E-state index is -0.239. The number of hydrogen-bond acceptors (Lipinski definition) is 3. The molecule has 0 aliphatic heterocycles. The number of nitrogens with one attached hydrogen (secondary N) is 1. The van der Waals surface area contributed by atoms with Gasteiger partial charge < -0.3 is 9.84 Å². The zero-order valence-electron chi connectivity index (χ0n) is 11.4. The van der Waals surface area contributed by atoms with Crippen LogP contribution in [0.1, 0.15) is 48.5 Å². The van der Waals surface area contributed by atoms with Crippen LogP contribution in [0.2, 0.25) is 0 Å². The maximum absolute atomic E-state index is 12.1. The number of aromatic nitrogens is 1. The lowest BCUT2D eigenvalue weighted by atomic mass is 10.1. The van der Waals surface area contributed by atoms with Gasteiger partial charge in [-0.15, -0.1) is 0 Å². The summed E-state index contributed by atoms with van der Waals surface area (Å²) in [7, 11) is 0. The smallest absolute Gasteiger partial charge is 0.277 e. The Labute approximate surface area is 112 Å². The maximum Gasteiger partial charge on any atom is 0.277 e. The summed E-state index contributed by atoms with van der Waals surface area (Å²) in [5.74, 6) is 0.697. The molecule has 1 aromatic carbocycles. The maximum atomic E-state index is 12.1. The van der Waals surface area contributed by atoms with Crippen molar-refractivity contribution < 1.29 is 9.32 Å². The van der Waals surface area contributed by atoms with Gasteiger partial charge in [-0.2, -0.15) is 0 Å². The molecule has 2 aromatic rings. The van der Waals surface area contributed by atoms with Crippen LogP contribution in [-0.4, -0.2) is 11.1 Å². The highest BCUT2D eigenvalue weighted by molar-refractivity contribution is 6.03. The zero-order valence-corrected chi connectivity index (χ0v) is 11.4. The van der Waals surface area contributed by atoms with Gasteiger partial charge in [0, 0.05) is 17.7 Å². The number of hydrogen-bond donors (Lipinski definition) is 1. The normalized spacial score (nSPS) is 10.7. The van der Waals surface area contributed by atoms with E-state index in [1.165, 1.54) is 0 Å². The van der Waals surface area contributed by atoms with Crippen molar-refractivity contribution in [3.05, 3.63) is 47.3 Å². The monoisotopic (exact) mass is 258 g/mol. The van der Waals surface area contributed by atoms with Crippen molar-refractivity contribution in [2.45, 2.75) is 33.1 Å². The number of amides is 1. The number of nitrogens with zero attached hydrogens (tertiary/aromatic N) is 1. The summed E-state index contributed by atoms with van der Waals surface area (Å²) in [6, 6.07) is 9.44. The molecule has 0 unspecified atom stereocenters. The molecule has 0 spiro atoms. The molecular formula is C15H18N2O2. The molecule has 0 saturated carbocycles. The molecular weight excluding hydrogens is 240 g/mol. The van der Waals surface area contributed by atoms with E-state index in [-0.39, 0.29) is 11.8 Å². The number of carbonyl (C=O) groups is 1. The molecule has 0 aliphatic rings. The molecule has 1 aromatic heterocycles. The summed E-state index contributed by atoms with van der Waals surface area (Å²) in [6.07, 6.45) is 0.868. The van der Waals surface area contributed by atoms with E-state index in [4.69, 9.17) is 4.52 Å². The van der Waals surface area contributed by atoms with Crippen LogP contribution in [0.4, 0.5) is 5.69 Å². The van der Waals surface area contributed by atoms with Gasteiger partial charge in [-0.1, -0.05) is 44.1 Å². The number of para-hydroxylation sites is 1. The SMILES string of the molecule is CCc1ccccc1NC(=O)c1cc(C(C)C)on1. The van der Waals surface area contributed by atoms with Gasteiger partial charge in [0.15, 0.2) is 5.69 Å². The minimum Gasteiger partial charge on any atom is -0.360 e. The predicted octanol–water partition coefficient (Wildman–Crippen LogP) is 3.61. The van der Waals surface area contributed by atoms with Gasteiger partial charge in [0.2, 0.25) is 0 Å². The molecule has 1 heterocycles. The van der Waals surface area contributed by atoms with E-state index in [9.17, 15) is 4.79 Å². The van der Waals surface area contributed by atoms with Crippen LogP contribution in [0, 0.1) is 0 Å². The lowest BCUT2D eigenvalue weighted by molar-refractivity contribution is 0.101. The summed E-state index contributed by atoms with van der Waals surface area (Å²) >= 11 is 0. The molecule has 0 radical (unpaired) electrons. The van der Waals surface area contributed by atoms with Crippen LogP contribution in [0.15, 0.2) is 34.9 Å². The summed E-state index contributed by atoms with van der Waals surface area (Å²) in [5.41, 5.74) is 2.24. The molecule has 100 valence electrons. The average molecular weight is 258 g/mol. The molecule has 0 aliphatic carbocycles. The van der Waals surface area contributed by atoms with Crippen LogP contribution >= 0.6 is 0 Å². The van der Waals surface area contributed by atoms with E-state index in [1.807, 2.05) is 38.1 Å². The third-order valence-electron chi connectivity index (χ3n) is 2.98. The molecule has 0 fully saturated rings. The predicted molar refractivity (Wildman–Crippen MR) is 74.4 cm³/mol. The van der Waals surface area contributed by atoms with Crippen molar-refractivity contribution in [2.24, 2.45) is 0 Å². The van der Waals surface area contributed by atoms with Crippen LogP contribution < -0.4 is 5.32 Å². The third kappa shape index (κ3) is 3.02. The van der Waals surface area contributed by atoms with Crippen LogP contribution in [-0.2, 0) is 6.42 Å². The van der Waals surface area contributed by atoms with Crippen molar-refractivity contribution in [3.8, 4) is 0 Å². The Morgan fingerprint density at radius 3 is 2.74 bits per heavy atom. The van der Waals surface area contributed by atoms with Crippen LogP contribution in [0.3, 0.4) is 0 Å². The molecule has 4 heteroatoms. The number of benzene rings is 1. The third-order valence-corrected chi connectivity index (χ3v) is 2.98. The van der Waals surface area contributed by atoms with E-state index in [0.29, 0.717) is 11.5 Å². The first-order valence-electron chi connectivity index (χ1n) is 6.47. The molecule has 19 heavy (non-hydrogen) atoms. The highest BCUT2D eigenvalue weighted by Gasteiger charge is 2.15. The fourth-order valence-corrected chi connectivity index (χ4v) is 1.81. The van der Waals surface area contributed by atoms with E-state index in [1.54, 1.807) is 6.07 Å². The molecule has 1 amide bonds. The van der Waals surface area contributed by atoms with E-state index in [2.05, 4.69) is 17.4 Å². The van der Waals surface area contributed by atoms with Gasteiger partial charge in [0.05, 0.1) is 0 Å². The molecule has 4 nitrogen and oxygen atoms in total. The van der Waals surface area contributed by atoms with Crippen LogP contribution in [0.5, 0.6) is 0 Å². The summed E-state index contributed by atoms with van der Waals surface area (Å²) in [4.78, 5) is 12.1. The molecule has 0 saturated heterocycles. The Balaban J connectivity index is 2.16. The minimum absolute atomic E-state index is 0.219. The average Bonchev–Trinajstić information content (AvgIpc) is 2.89. The first-order valence-corrected chi connectivity index (χ1v) is 6.47. The summed E-state index contributed by atoms with van der Waals surface area (Å²) in [5, 5.41) is 6.67. The van der Waals surface area contributed by atoms with Gasteiger partial charge in [0.1, 0.15) is 5.76 Å². The van der Waals surface area contributed by atoms with Gasteiger partial charge in [-0.25, -0.2) is 0 Å². The summed E-state index contributed by atoms with van der Waals surface area (Å²) < 4.78 is 5.13. The van der Waals surface area contributed by atoms with E-state index >= 15 is 0 Å². The highest BCUT2D eigenvalue weighted by atomic mass is 16.5. The highest BCUT2D eigenvalue weighted by Crippen LogP contribution is 2.18. The number of carbonyl (C=O) groups excluding carboxylic acids is 1. The zero-order chi connectivity index (χ0) is 13.8. The van der Waals surface area contributed by atoms with Gasteiger partial charge in [0.25, 0.3) is 5.91 Å². The van der Waals surface area contributed by atoms with Crippen molar-refractivity contribution >= 4 is 11.6 Å². The largest absolute Gasteiger partial charge is 0.360 e. The van der Waals surface area contributed by atoms with Crippen molar-refractivity contribution in [1.82, 2.24) is 5.16 Å². The van der Waals surface area contributed by atoms with Crippen molar-refractivity contribution in [3.63, 3.8) is 0 Å². The van der Waals surface area contributed by atoms with Crippen LogP contribution in [0.25, 0.3) is 0 Å². The Morgan fingerprint density at radius 1 is 1.37 bits per heavy atom. The Hall–Kier alpha value is -2.10. The fraction of sp³-hybridized carbons (Fsp3) is 0.333. The second kappa shape index (κ2) is 5.69. The standard InChI is InChI=1S/C15H18N2O2/c1-4-11-7-5-6-8-12(11)16-15(18)13-9-14(10(2)3)19-17-13/h5-10H,4H2,1-3H3,(H,16,18). The van der Waals surface area contributed by atoms with Gasteiger partial charge >= 0.3 is 0 Å². The molecule has 0 bridgehead atoms. The van der Waals surface area contributed by atoms with E-state index < -0.39 is 0 Å². The van der Waals surface area contributed by atoms with Gasteiger partial charge in [-0.3, -0.25) is 4.79 Å². The topological polar surface area (TPSA) is 55.1 Å².